The summed E-state index contributed by atoms with van der Waals surface area (Å²) < 4.78 is 24.3. The van der Waals surface area contributed by atoms with Crippen LogP contribution in [0.2, 0.25) is 0 Å². The van der Waals surface area contributed by atoms with E-state index < -0.39 is 16.0 Å². The quantitative estimate of drug-likeness (QED) is 0.824. The smallest absolute Gasteiger partial charge is 0.335 e. The number of piperidine rings is 1. The van der Waals surface area contributed by atoms with Gasteiger partial charge in [0.05, 0.1) is 11.8 Å². The third-order valence-corrected chi connectivity index (χ3v) is 5.29. The first kappa shape index (κ1) is 17.4. The predicted octanol–water partition coefficient (Wildman–Crippen LogP) is 0.786. The van der Waals surface area contributed by atoms with Crippen molar-refractivity contribution in [2.75, 3.05) is 25.9 Å². The van der Waals surface area contributed by atoms with Gasteiger partial charge in [0.2, 0.25) is 10.0 Å². The van der Waals surface area contributed by atoms with Crippen LogP contribution in [0.3, 0.4) is 0 Å². The molecule has 23 heavy (non-hydrogen) atoms. The Bertz CT molecular complexity index is 676. The molecule has 2 N–H and O–H groups in total. The van der Waals surface area contributed by atoms with Gasteiger partial charge in [-0.25, -0.2) is 17.5 Å². The predicted molar refractivity (Wildman–Crippen MR) is 84.9 cm³/mol. The number of carboxylic acids is 1. The highest BCUT2D eigenvalue weighted by Crippen LogP contribution is 2.18. The molecule has 1 heterocycles. The summed E-state index contributed by atoms with van der Waals surface area (Å²) in [5.74, 6) is -1.04. The number of hydrogen-bond donors (Lipinski definition) is 2. The van der Waals surface area contributed by atoms with Crippen LogP contribution in [0.15, 0.2) is 24.3 Å². The number of carbonyl (C=O) groups is 2. The monoisotopic (exact) mass is 340 g/mol. The molecule has 1 aromatic rings. The summed E-state index contributed by atoms with van der Waals surface area (Å²) in [4.78, 5) is 22.8. The van der Waals surface area contributed by atoms with Gasteiger partial charge >= 0.3 is 5.97 Å². The highest BCUT2D eigenvalue weighted by molar-refractivity contribution is 7.88. The van der Waals surface area contributed by atoms with Gasteiger partial charge < -0.3 is 10.4 Å². The number of sulfonamides is 1. The largest absolute Gasteiger partial charge is 0.478 e. The first-order valence-electron chi connectivity index (χ1n) is 7.34. The Hall–Kier alpha value is -1.93. The second-order valence-corrected chi connectivity index (χ2v) is 7.68. The van der Waals surface area contributed by atoms with Crippen molar-refractivity contribution in [1.29, 1.82) is 0 Å². The van der Waals surface area contributed by atoms with Crippen molar-refractivity contribution in [3.63, 3.8) is 0 Å². The van der Waals surface area contributed by atoms with Gasteiger partial charge in [0.15, 0.2) is 0 Å². The average Bonchev–Trinajstić information content (AvgIpc) is 2.52. The molecule has 1 aromatic carbocycles. The number of hydrogen-bond acceptors (Lipinski definition) is 4. The molecular weight excluding hydrogens is 320 g/mol. The average molecular weight is 340 g/mol. The second-order valence-electron chi connectivity index (χ2n) is 5.70. The molecule has 2 rings (SSSR count). The lowest BCUT2D eigenvalue weighted by Gasteiger charge is -2.30. The normalized spacial score (nSPS) is 16.9. The van der Waals surface area contributed by atoms with Crippen molar-refractivity contribution in [3.05, 3.63) is 35.4 Å². The number of carboxylic acid groups (broad SMARTS) is 1. The number of nitrogens with one attached hydrogen (secondary N) is 1. The van der Waals surface area contributed by atoms with Crippen LogP contribution in [0.4, 0.5) is 0 Å². The van der Waals surface area contributed by atoms with Crippen LogP contribution < -0.4 is 5.32 Å². The number of amides is 1. The molecule has 126 valence electrons. The molecule has 0 bridgehead atoms. The van der Waals surface area contributed by atoms with Crippen molar-refractivity contribution in [1.82, 2.24) is 9.62 Å². The minimum absolute atomic E-state index is 0.134. The van der Waals surface area contributed by atoms with Gasteiger partial charge in [0, 0.05) is 25.2 Å². The summed E-state index contributed by atoms with van der Waals surface area (Å²) >= 11 is 0. The molecule has 0 radical (unpaired) electrons. The second kappa shape index (κ2) is 7.10. The molecule has 1 amide bonds. The molecule has 0 saturated carbocycles. The maximum atomic E-state index is 12.0. The van der Waals surface area contributed by atoms with Gasteiger partial charge in [0.25, 0.3) is 5.91 Å². The van der Waals surface area contributed by atoms with Crippen molar-refractivity contribution in [2.24, 2.45) is 5.92 Å². The Morgan fingerprint density at radius 1 is 1.17 bits per heavy atom. The number of aromatic carboxylic acids is 1. The third kappa shape index (κ3) is 4.77. The molecule has 0 spiro atoms. The molecule has 0 unspecified atom stereocenters. The van der Waals surface area contributed by atoms with Crippen molar-refractivity contribution in [2.45, 2.75) is 12.8 Å². The van der Waals surface area contributed by atoms with E-state index in [0.29, 0.717) is 38.0 Å². The van der Waals surface area contributed by atoms with E-state index in [1.807, 2.05) is 0 Å². The van der Waals surface area contributed by atoms with E-state index in [2.05, 4.69) is 5.32 Å². The zero-order valence-electron chi connectivity index (χ0n) is 12.9. The molecule has 0 atom stereocenters. The maximum absolute atomic E-state index is 12.0. The first-order chi connectivity index (χ1) is 10.8. The Morgan fingerprint density at radius 2 is 1.70 bits per heavy atom. The zero-order valence-corrected chi connectivity index (χ0v) is 13.7. The lowest BCUT2D eigenvalue weighted by Crippen LogP contribution is -2.41. The summed E-state index contributed by atoms with van der Waals surface area (Å²) in [5, 5.41) is 11.6. The van der Waals surface area contributed by atoms with Gasteiger partial charge in [0.1, 0.15) is 0 Å². The summed E-state index contributed by atoms with van der Waals surface area (Å²) in [7, 11) is -3.14. The summed E-state index contributed by atoms with van der Waals surface area (Å²) in [6.07, 6.45) is 2.63. The number of rotatable bonds is 5. The number of benzene rings is 1. The standard InChI is InChI=1S/C15H20N2O5S/c1-23(21,22)17-8-6-11(7-9-17)10-16-14(18)12-2-4-13(5-3-12)15(19)20/h2-5,11H,6-10H2,1H3,(H,16,18)(H,19,20). The van der Waals surface area contributed by atoms with Crippen LogP contribution >= 0.6 is 0 Å². The Morgan fingerprint density at radius 3 is 2.17 bits per heavy atom. The van der Waals surface area contributed by atoms with E-state index in [4.69, 9.17) is 5.11 Å². The molecule has 7 nitrogen and oxygen atoms in total. The van der Waals surface area contributed by atoms with E-state index in [1.165, 1.54) is 34.8 Å². The molecule has 0 aliphatic carbocycles. The number of nitrogens with zero attached hydrogens (tertiary/aromatic N) is 1. The van der Waals surface area contributed by atoms with Crippen molar-refractivity contribution >= 4 is 21.9 Å². The van der Waals surface area contributed by atoms with E-state index in [1.54, 1.807) is 0 Å². The fourth-order valence-electron chi connectivity index (χ4n) is 2.55. The van der Waals surface area contributed by atoms with Crippen LogP contribution in [0.1, 0.15) is 33.6 Å². The van der Waals surface area contributed by atoms with Crippen molar-refractivity contribution in [3.8, 4) is 0 Å². The summed E-state index contributed by atoms with van der Waals surface area (Å²) in [6, 6.07) is 5.74. The van der Waals surface area contributed by atoms with E-state index in [9.17, 15) is 18.0 Å². The van der Waals surface area contributed by atoms with E-state index in [-0.39, 0.29) is 17.4 Å². The molecule has 1 aliphatic heterocycles. The Labute approximate surface area is 135 Å². The topological polar surface area (TPSA) is 104 Å². The van der Waals surface area contributed by atoms with Crippen LogP contribution in [-0.4, -0.2) is 55.6 Å². The van der Waals surface area contributed by atoms with Crippen LogP contribution in [0.5, 0.6) is 0 Å². The van der Waals surface area contributed by atoms with E-state index in [0.717, 1.165) is 0 Å². The van der Waals surface area contributed by atoms with Crippen LogP contribution in [-0.2, 0) is 10.0 Å². The van der Waals surface area contributed by atoms with Gasteiger partial charge in [-0.15, -0.1) is 0 Å². The SMILES string of the molecule is CS(=O)(=O)N1CCC(CNC(=O)c2ccc(C(=O)O)cc2)CC1. The third-order valence-electron chi connectivity index (χ3n) is 3.99. The molecular formula is C15H20N2O5S. The number of carbonyl (C=O) groups excluding carboxylic acids is 1. The summed E-state index contributed by atoms with van der Waals surface area (Å²) in [6.45, 7) is 1.44. The Balaban J connectivity index is 1.82. The highest BCUT2D eigenvalue weighted by atomic mass is 32.2. The summed E-state index contributed by atoms with van der Waals surface area (Å²) in [5.41, 5.74) is 0.540. The zero-order chi connectivity index (χ0) is 17.0. The molecule has 1 fully saturated rings. The van der Waals surface area contributed by atoms with E-state index >= 15 is 0 Å². The molecule has 1 saturated heterocycles. The minimum atomic E-state index is -3.14. The molecule has 0 aromatic heterocycles. The lowest BCUT2D eigenvalue weighted by molar-refractivity contribution is 0.0696. The lowest BCUT2D eigenvalue weighted by atomic mass is 9.98. The first-order valence-corrected chi connectivity index (χ1v) is 9.19. The molecule has 8 heteroatoms. The van der Waals surface area contributed by atoms with Gasteiger partial charge in [-0.1, -0.05) is 0 Å². The Kier molecular flexibility index (Phi) is 5.38. The van der Waals surface area contributed by atoms with Gasteiger partial charge in [-0.05, 0) is 43.0 Å². The maximum Gasteiger partial charge on any atom is 0.335 e. The fourth-order valence-corrected chi connectivity index (χ4v) is 3.42. The highest BCUT2D eigenvalue weighted by Gasteiger charge is 2.25. The fraction of sp³-hybridized carbons (Fsp3) is 0.467. The molecule has 1 aliphatic rings. The van der Waals surface area contributed by atoms with Gasteiger partial charge in [-0.2, -0.15) is 0 Å². The van der Waals surface area contributed by atoms with Crippen molar-refractivity contribution < 1.29 is 23.1 Å². The minimum Gasteiger partial charge on any atom is -0.478 e. The van der Waals surface area contributed by atoms with Crippen LogP contribution in [0, 0.1) is 5.92 Å². The van der Waals surface area contributed by atoms with Crippen LogP contribution in [0.25, 0.3) is 0 Å². The van der Waals surface area contributed by atoms with Gasteiger partial charge in [-0.3, -0.25) is 4.79 Å².